The van der Waals surface area contributed by atoms with Gasteiger partial charge in [0.15, 0.2) is 0 Å². The molecule has 3 heteroatoms. The second-order valence-electron chi connectivity index (χ2n) is 6.05. The lowest BCUT2D eigenvalue weighted by molar-refractivity contribution is 0.270. The van der Waals surface area contributed by atoms with Crippen molar-refractivity contribution in [2.45, 2.75) is 38.8 Å². The number of hydrogen-bond acceptors (Lipinski definition) is 3. The number of hydrogen-bond donors (Lipinski definition) is 1. The summed E-state index contributed by atoms with van der Waals surface area (Å²) in [5.41, 5.74) is 8.06. The van der Waals surface area contributed by atoms with Gasteiger partial charge in [0.2, 0.25) is 0 Å². The Kier molecular flexibility index (Phi) is 4.08. The van der Waals surface area contributed by atoms with Crippen LogP contribution >= 0.6 is 0 Å². The Morgan fingerprint density at radius 3 is 2.75 bits per heavy atom. The Morgan fingerprint density at radius 2 is 2.00 bits per heavy atom. The molecule has 0 spiro atoms. The first-order valence-corrected chi connectivity index (χ1v) is 7.66. The number of nitrogens with zero attached hydrogens (tertiary/aromatic N) is 1. The van der Waals surface area contributed by atoms with Gasteiger partial charge in [0.05, 0.1) is 6.54 Å². The van der Waals surface area contributed by atoms with Crippen LogP contribution in [0.2, 0.25) is 0 Å². The number of nitrogens with two attached hydrogens (primary N) is 1. The minimum atomic E-state index is 0.473. The summed E-state index contributed by atoms with van der Waals surface area (Å²) in [5.74, 6) is 1.81. The maximum Gasteiger partial charge on any atom is 0.134 e. The molecule has 108 valence electrons. The van der Waals surface area contributed by atoms with E-state index in [4.69, 9.17) is 10.2 Å². The Bertz CT molecular complexity index is 569. The van der Waals surface area contributed by atoms with Gasteiger partial charge in [0.1, 0.15) is 11.3 Å². The second kappa shape index (κ2) is 5.98. The van der Waals surface area contributed by atoms with E-state index in [1.54, 1.807) is 0 Å². The van der Waals surface area contributed by atoms with E-state index in [1.807, 2.05) is 12.1 Å². The van der Waals surface area contributed by atoms with Crippen molar-refractivity contribution in [1.29, 1.82) is 0 Å². The van der Waals surface area contributed by atoms with Gasteiger partial charge in [-0.15, -0.1) is 0 Å². The molecule has 3 rings (SSSR count). The Balaban J connectivity index is 1.78. The summed E-state index contributed by atoms with van der Waals surface area (Å²) in [4.78, 5) is 2.42. The maximum atomic E-state index is 5.87. The fourth-order valence-electron chi connectivity index (χ4n) is 3.46. The van der Waals surface area contributed by atoms with Gasteiger partial charge in [0, 0.05) is 24.0 Å². The SMILES string of the molecule is CN(Cc1c(CN)oc2ccccc12)CC1CCCC1. The van der Waals surface area contributed by atoms with E-state index in [-0.39, 0.29) is 0 Å². The summed E-state index contributed by atoms with van der Waals surface area (Å²) in [6.45, 7) is 2.59. The van der Waals surface area contributed by atoms with E-state index < -0.39 is 0 Å². The van der Waals surface area contributed by atoms with Crippen molar-refractivity contribution >= 4 is 11.0 Å². The van der Waals surface area contributed by atoms with Crippen molar-refractivity contribution in [3.8, 4) is 0 Å². The summed E-state index contributed by atoms with van der Waals surface area (Å²) in [6, 6.07) is 8.24. The van der Waals surface area contributed by atoms with Gasteiger partial charge in [-0.2, -0.15) is 0 Å². The quantitative estimate of drug-likeness (QED) is 0.905. The normalized spacial score (nSPS) is 16.6. The third-order valence-electron chi connectivity index (χ3n) is 4.44. The predicted octanol–water partition coefficient (Wildman–Crippen LogP) is 3.51. The summed E-state index contributed by atoms with van der Waals surface area (Å²) in [7, 11) is 2.21. The van der Waals surface area contributed by atoms with Crippen molar-refractivity contribution in [2.75, 3.05) is 13.6 Å². The Labute approximate surface area is 120 Å². The predicted molar refractivity (Wildman–Crippen MR) is 82.4 cm³/mol. The molecule has 0 aliphatic heterocycles. The number of rotatable bonds is 5. The molecule has 2 aromatic rings. The van der Waals surface area contributed by atoms with Gasteiger partial charge in [-0.3, -0.25) is 0 Å². The molecule has 0 unspecified atom stereocenters. The van der Waals surface area contributed by atoms with Crippen molar-refractivity contribution in [2.24, 2.45) is 11.7 Å². The van der Waals surface area contributed by atoms with Crippen molar-refractivity contribution < 1.29 is 4.42 Å². The lowest BCUT2D eigenvalue weighted by Gasteiger charge is -2.20. The van der Waals surface area contributed by atoms with Gasteiger partial charge in [-0.25, -0.2) is 0 Å². The van der Waals surface area contributed by atoms with E-state index in [2.05, 4.69) is 24.1 Å². The van der Waals surface area contributed by atoms with Gasteiger partial charge < -0.3 is 15.1 Å². The topological polar surface area (TPSA) is 42.4 Å². The first-order chi connectivity index (χ1) is 9.78. The van der Waals surface area contributed by atoms with Crippen LogP contribution in [0.15, 0.2) is 28.7 Å². The zero-order valence-corrected chi connectivity index (χ0v) is 12.3. The number of fused-ring (bicyclic) bond motifs is 1. The Morgan fingerprint density at radius 1 is 1.25 bits per heavy atom. The molecule has 1 fully saturated rings. The largest absolute Gasteiger partial charge is 0.459 e. The van der Waals surface area contributed by atoms with Crippen molar-refractivity contribution in [3.05, 3.63) is 35.6 Å². The minimum Gasteiger partial charge on any atom is -0.459 e. The van der Waals surface area contributed by atoms with Crippen LogP contribution in [-0.2, 0) is 13.1 Å². The van der Waals surface area contributed by atoms with Gasteiger partial charge in [-0.05, 0) is 31.9 Å². The zero-order chi connectivity index (χ0) is 13.9. The molecule has 0 amide bonds. The highest BCUT2D eigenvalue weighted by molar-refractivity contribution is 5.82. The van der Waals surface area contributed by atoms with Crippen LogP contribution in [-0.4, -0.2) is 18.5 Å². The molecule has 0 bridgehead atoms. The first-order valence-electron chi connectivity index (χ1n) is 7.66. The van der Waals surface area contributed by atoms with E-state index in [1.165, 1.54) is 43.2 Å². The van der Waals surface area contributed by atoms with Gasteiger partial charge in [0.25, 0.3) is 0 Å². The van der Waals surface area contributed by atoms with E-state index in [9.17, 15) is 0 Å². The Hall–Kier alpha value is -1.32. The monoisotopic (exact) mass is 272 g/mol. The highest BCUT2D eigenvalue weighted by Crippen LogP contribution is 2.29. The standard InChI is InChI=1S/C17H24N2O/c1-19(11-13-6-2-3-7-13)12-15-14-8-4-5-9-16(14)20-17(15)10-18/h4-5,8-9,13H,2-3,6-7,10-12,18H2,1H3. The maximum absolute atomic E-state index is 5.87. The van der Waals surface area contributed by atoms with Crippen LogP contribution in [0.25, 0.3) is 11.0 Å². The van der Waals surface area contributed by atoms with Crippen LogP contribution < -0.4 is 5.73 Å². The van der Waals surface area contributed by atoms with E-state index in [0.29, 0.717) is 6.54 Å². The molecular formula is C17H24N2O. The molecule has 1 aromatic carbocycles. The van der Waals surface area contributed by atoms with Crippen LogP contribution in [0.5, 0.6) is 0 Å². The molecule has 1 aliphatic carbocycles. The van der Waals surface area contributed by atoms with Crippen molar-refractivity contribution in [3.63, 3.8) is 0 Å². The molecule has 1 aromatic heterocycles. The molecule has 3 nitrogen and oxygen atoms in total. The molecular weight excluding hydrogens is 248 g/mol. The molecule has 1 saturated carbocycles. The van der Waals surface area contributed by atoms with Gasteiger partial charge in [-0.1, -0.05) is 31.0 Å². The highest BCUT2D eigenvalue weighted by atomic mass is 16.3. The fourth-order valence-corrected chi connectivity index (χ4v) is 3.46. The van der Waals surface area contributed by atoms with E-state index in [0.717, 1.165) is 23.8 Å². The number of furan rings is 1. The number of benzene rings is 1. The van der Waals surface area contributed by atoms with Gasteiger partial charge >= 0.3 is 0 Å². The smallest absolute Gasteiger partial charge is 0.134 e. The fraction of sp³-hybridized carbons (Fsp3) is 0.529. The van der Waals surface area contributed by atoms with Crippen molar-refractivity contribution in [1.82, 2.24) is 4.90 Å². The van der Waals surface area contributed by atoms with E-state index >= 15 is 0 Å². The average molecular weight is 272 g/mol. The van der Waals surface area contributed by atoms with Crippen LogP contribution in [0, 0.1) is 5.92 Å². The molecule has 0 atom stereocenters. The van der Waals surface area contributed by atoms with Crippen LogP contribution in [0.1, 0.15) is 37.0 Å². The molecule has 1 heterocycles. The molecule has 1 aliphatic rings. The summed E-state index contributed by atoms with van der Waals surface area (Å²) < 4.78 is 5.87. The lowest BCUT2D eigenvalue weighted by atomic mass is 10.1. The molecule has 20 heavy (non-hydrogen) atoms. The average Bonchev–Trinajstić information content (AvgIpc) is 3.07. The first kappa shape index (κ1) is 13.7. The lowest BCUT2D eigenvalue weighted by Crippen LogP contribution is -2.24. The van der Waals surface area contributed by atoms with Crippen LogP contribution in [0.4, 0.5) is 0 Å². The summed E-state index contributed by atoms with van der Waals surface area (Å²) >= 11 is 0. The molecule has 0 radical (unpaired) electrons. The highest BCUT2D eigenvalue weighted by Gasteiger charge is 2.19. The molecule has 2 N–H and O–H groups in total. The number of para-hydroxylation sites is 1. The van der Waals surface area contributed by atoms with Crippen LogP contribution in [0.3, 0.4) is 0 Å². The summed E-state index contributed by atoms with van der Waals surface area (Å²) in [6.07, 6.45) is 5.59. The minimum absolute atomic E-state index is 0.473. The molecule has 0 saturated heterocycles. The third kappa shape index (κ3) is 2.74. The second-order valence-corrected chi connectivity index (χ2v) is 6.05. The third-order valence-corrected chi connectivity index (χ3v) is 4.44. The zero-order valence-electron chi connectivity index (χ0n) is 12.3. The summed E-state index contributed by atoms with van der Waals surface area (Å²) in [5, 5.41) is 1.21.